The second-order valence-corrected chi connectivity index (χ2v) is 3.66. The highest BCUT2D eigenvalue weighted by Gasteiger charge is 2.42. The molecule has 0 aromatic carbocycles. The second kappa shape index (κ2) is 3.25. The summed E-state index contributed by atoms with van der Waals surface area (Å²) in [6.07, 6.45) is 8.12. The van der Waals surface area contributed by atoms with E-state index in [-0.39, 0.29) is 6.61 Å². The zero-order valence-electron chi connectivity index (χ0n) is 7.56. The van der Waals surface area contributed by atoms with Crippen molar-refractivity contribution >= 4 is 0 Å². The Bertz CT molecular complexity index is 249. The molecule has 3 nitrogen and oxygen atoms in total. The Morgan fingerprint density at radius 1 is 1.46 bits per heavy atom. The fourth-order valence-corrected chi connectivity index (χ4v) is 2.11. The van der Waals surface area contributed by atoms with Crippen LogP contribution in [0.15, 0.2) is 24.3 Å². The van der Waals surface area contributed by atoms with Crippen molar-refractivity contribution < 1.29 is 10.2 Å². The van der Waals surface area contributed by atoms with Gasteiger partial charge in [0, 0.05) is 13.1 Å². The first-order valence-corrected chi connectivity index (χ1v) is 4.68. The minimum atomic E-state index is -0.581. The summed E-state index contributed by atoms with van der Waals surface area (Å²) in [7, 11) is 0. The van der Waals surface area contributed by atoms with Gasteiger partial charge in [-0.1, -0.05) is 24.3 Å². The zero-order valence-corrected chi connectivity index (χ0v) is 7.56. The lowest BCUT2D eigenvalue weighted by Crippen LogP contribution is -2.60. The number of fused-ring (bicyclic) bond motifs is 1. The molecule has 0 radical (unpaired) electrons. The largest absolute Gasteiger partial charge is 0.394 e. The molecule has 0 unspecified atom stereocenters. The predicted molar refractivity (Wildman–Crippen MR) is 50.3 cm³/mol. The number of aliphatic hydroxyl groups is 2. The summed E-state index contributed by atoms with van der Waals surface area (Å²) in [6.45, 7) is 1.72. The van der Waals surface area contributed by atoms with Gasteiger partial charge < -0.3 is 10.2 Å². The molecule has 2 aliphatic rings. The van der Waals surface area contributed by atoms with E-state index in [1.165, 1.54) is 0 Å². The van der Waals surface area contributed by atoms with Gasteiger partial charge in [0.2, 0.25) is 0 Å². The monoisotopic (exact) mass is 181 g/mol. The van der Waals surface area contributed by atoms with Crippen LogP contribution in [-0.2, 0) is 0 Å². The molecule has 0 fully saturated rings. The van der Waals surface area contributed by atoms with Crippen LogP contribution in [0.25, 0.3) is 0 Å². The first kappa shape index (κ1) is 8.94. The third kappa shape index (κ3) is 1.24. The predicted octanol–water partition coefficient (Wildman–Crippen LogP) is -0.0899. The minimum Gasteiger partial charge on any atom is -0.394 e. The van der Waals surface area contributed by atoms with Crippen molar-refractivity contribution in [1.29, 1.82) is 0 Å². The van der Waals surface area contributed by atoms with Gasteiger partial charge in [-0.2, -0.15) is 0 Å². The van der Waals surface area contributed by atoms with Crippen molar-refractivity contribution in [2.24, 2.45) is 0 Å². The van der Waals surface area contributed by atoms with Gasteiger partial charge in [0.05, 0.1) is 18.2 Å². The van der Waals surface area contributed by atoms with Crippen LogP contribution in [0.5, 0.6) is 0 Å². The van der Waals surface area contributed by atoms with Crippen LogP contribution in [0.1, 0.15) is 6.42 Å². The van der Waals surface area contributed by atoms with Gasteiger partial charge in [-0.15, -0.1) is 0 Å². The molecule has 3 heteroatoms. The number of aliphatic hydroxyl groups excluding tert-OH is 2. The molecule has 2 N–H and O–H groups in total. The standard InChI is InChI=1S/C10H15NO2/c12-8-10-5-1-2-6-11(10)7-3-4-9(10)13/h1,3-5,9,12-13H,2,6-8H2/t9-,10-/m0/s1. The second-order valence-electron chi connectivity index (χ2n) is 3.66. The number of nitrogens with zero attached hydrogens (tertiary/aromatic N) is 1. The number of rotatable bonds is 1. The van der Waals surface area contributed by atoms with Gasteiger partial charge in [0.25, 0.3) is 0 Å². The zero-order chi connectivity index (χ0) is 9.31. The third-order valence-electron chi connectivity index (χ3n) is 2.97. The summed E-state index contributed by atoms with van der Waals surface area (Å²) >= 11 is 0. The lowest BCUT2D eigenvalue weighted by atomic mass is 9.85. The van der Waals surface area contributed by atoms with E-state index in [0.29, 0.717) is 0 Å². The Balaban J connectivity index is 2.35. The molecular weight excluding hydrogens is 166 g/mol. The van der Waals surface area contributed by atoms with Gasteiger partial charge in [-0.25, -0.2) is 0 Å². The van der Waals surface area contributed by atoms with E-state index >= 15 is 0 Å². The molecule has 0 amide bonds. The summed E-state index contributed by atoms with van der Waals surface area (Å²) in [6, 6.07) is 0. The van der Waals surface area contributed by atoms with E-state index < -0.39 is 11.6 Å². The maximum absolute atomic E-state index is 9.82. The van der Waals surface area contributed by atoms with Gasteiger partial charge in [0.15, 0.2) is 0 Å². The molecule has 2 heterocycles. The highest BCUT2D eigenvalue weighted by atomic mass is 16.3. The average Bonchev–Trinajstić information content (AvgIpc) is 2.19. The number of hydrogen-bond acceptors (Lipinski definition) is 3. The van der Waals surface area contributed by atoms with Crippen molar-refractivity contribution in [3.05, 3.63) is 24.3 Å². The van der Waals surface area contributed by atoms with Crippen LogP contribution < -0.4 is 0 Å². The van der Waals surface area contributed by atoms with Crippen LogP contribution in [-0.4, -0.2) is 46.5 Å². The quantitative estimate of drug-likeness (QED) is 0.556. The fraction of sp³-hybridized carbons (Fsp3) is 0.600. The molecule has 0 spiro atoms. The van der Waals surface area contributed by atoms with Crippen molar-refractivity contribution in [3.63, 3.8) is 0 Å². The molecule has 0 aromatic rings. The molecule has 13 heavy (non-hydrogen) atoms. The van der Waals surface area contributed by atoms with Crippen molar-refractivity contribution in [1.82, 2.24) is 4.90 Å². The Morgan fingerprint density at radius 2 is 2.31 bits per heavy atom. The minimum absolute atomic E-state index is 0.0188. The van der Waals surface area contributed by atoms with Gasteiger partial charge in [-0.05, 0) is 6.42 Å². The van der Waals surface area contributed by atoms with Crippen molar-refractivity contribution in [2.75, 3.05) is 19.7 Å². The molecule has 72 valence electrons. The Labute approximate surface area is 78.0 Å². The van der Waals surface area contributed by atoms with Crippen molar-refractivity contribution in [3.8, 4) is 0 Å². The van der Waals surface area contributed by atoms with Crippen LogP contribution in [0.4, 0.5) is 0 Å². The van der Waals surface area contributed by atoms with Crippen LogP contribution >= 0.6 is 0 Å². The molecule has 0 saturated heterocycles. The van der Waals surface area contributed by atoms with Gasteiger partial charge in [0.1, 0.15) is 0 Å². The Kier molecular flexibility index (Phi) is 2.24. The van der Waals surface area contributed by atoms with E-state index in [4.69, 9.17) is 0 Å². The Morgan fingerprint density at radius 3 is 3.00 bits per heavy atom. The van der Waals surface area contributed by atoms with Gasteiger partial charge in [-0.3, -0.25) is 4.90 Å². The first-order valence-electron chi connectivity index (χ1n) is 4.68. The lowest BCUT2D eigenvalue weighted by Gasteiger charge is -2.46. The van der Waals surface area contributed by atoms with E-state index in [1.54, 1.807) is 6.08 Å². The van der Waals surface area contributed by atoms with Crippen LogP contribution in [0, 0.1) is 0 Å². The summed E-state index contributed by atoms with van der Waals surface area (Å²) in [5.41, 5.74) is -0.549. The topological polar surface area (TPSA) is 43.7 Å². The molecule has 0 bridgehead atoms. The fourth-order valence-electron chi connectivity index (χ4n) is 2.11. The summed E-state index contributed by atoms with van der Waals surface area (Å²) in [5.74, 6) is 0. The van der Waals surface area contributed by atoms with Crippen LogP contribution in [0.3, 0.4) is 0 Å². The summed E-state index contributed by atoms with van der Waals surface area (Å²) in [5, 5.41) is 19.2. The average molecular weight is 181 g/mol. The summed E-state index contributed by atoms with van der Waals surface area (Å²) in [4.78, 5) is 2.12. The molecule has 0 aromatic heterocycles. The van der Waals surface area contributed by atoms with E-state index in [0.717, 1.165) is 19.5 Å². The van der Waals surface area contributed by atoms with E-state index in [1.807, 2.05) is 18.2 Å². The first-order chi connectivity index (χ1) is 6.29. The summed E-state index contributed by atoms with van der Waals surface area (Å²) < 4.78 is 0. The molecule has 2 aliphatic heterocycles. The third-order valence-corrected chi connectivity index (χ3v) is 2.97. The highest BCUT2D eigenvalue weighted by Crippen LogP contribution is 2.29. The van der Waals surface area contributed by atoms with E-state index in [9.17, 15) is 10.2 Å². The maximum Gasteiger partial charge on any atom is 0.0963 e. The van der Waals surface area contributed by atoms with Crippen molar-refractivity contribution in [2.45, 2.75) is 18.1 Å². The normalized spacial score (nSPS) is 39.1. The smallest absolute Gasteiger partial charge is 0.0963 e. The molecular formula is C10H15NO2. The molecule has 0 saturated carbocycles. The van der Waals surface area contributed by atoms with Gasteiger partial charge >= 0.3 is 0 Å². The van der Waals surface area contributed by atoms with Crippen LogP contribution in [0.2, 0.25) is 0 Å². The number of hydrogen-bond donors (Lipinski definition) is 2. The Hall–Kier alpha value is -0.640. The molecule has 0 aliphatic carbocycles. The highest BCUT2D eigenvalue weighted by molar-refractivity contribution is 5.23. The lowest BCUT2D eigenvalue weighted by molar-refractivity contribution is -0.0185. The SMILES string of the molecule is OC[C@]12C=CCCN1CC=C[C@@H]2O. The maximum atomic E-state index is 9.82. The van der Waals surface area contributed by atoms with E-state index in [2.05, 4.69) is 4.90 Å². The molecule has 2 atom stereocenters. The molecule has 2 rings (SSSR count).